The molecule has 3 rings (SSSR count). The Balaban J connectivity index is 1.61. The van der Waals surface area contributed by atoms with Gasteiger partial charge in [-0.2, -0.15) is 13.2 Å². The molecule has 1 aliphatic heterocycles. The topological polar surface area (TPSA) is 32.3 Å². The number of rotatable bonds is 5. The maximum atomic E-state index is 12.9. The third-order valence-corrected chi connectivity index (χ3v) is 5.13. The highest BCUT2D eigenvalue weighted by Crippen LogP contribution is 2.30. The van der Waals surface area contributed by atoms with Crippen LogP contribution in [0.3, 0.4) is 0 Å². The standard InChI is InChI=1S/C22H25F3N2O/c1-16(19-6-5-7-20(14-19)22(23,24)25)26-21(28)18-10-8-17(9-11-18)15-27-12-3-2-4-13-27/h5-11,14,16H,2-4,12-13,15H2,1H3,(H,26,28). The quantitative estimate of drug-likeness (QED) is 0.763. The molecule has 28 heavy (non-hydrogen) atoms. The first-order chi connectivity index (χ1) is 13.3. The molecule has 2 aromatic rings. The first-order valence-corrected chi connectivity index (χ1v) is 9.62. The van der Waals surface area contributed by atoms with Crippen LogP contribution in [-0.4, -0.2) is 23.9 Å². The first-order valence-electron chi connectivity index (χ1n) is 9.62. The van der Waals surface area contributed by atoms with Gasteiger partial charge in [-0.15, -0.1) is 0 Å². The molecule has 1 atom stereocenters. The second-order valence-electron chi connectivity index (χ2n) is 7.35. The summed E-state index contributed by atoms with van der Waals surface area (Å²) in [6, 6.07) is 11.9. The second-order valence-corrected chi connectivity index (χ2v) is 7.35. The van der Waals surface area contributed by atoms with Gasteiger partial charge in [-0.1, -0.05) is 30.7 Å². The van der Waals surface area contributed by atoms with Crippen LogP contribution in [0.15, 0.2) is 48.5 Å². The normalized spacial score (nSPS) is 16.6. The van der Waals surface area contributed by atoms with Gasteiger partial charge in [0.1, 0.15) is 0 Å². The number of piperidine rings is 1. The molecule has 1 unspecified atom stereocenters. The molecule has 1 fully saturated rings. The predicted molar refractivity (Wildman–Crippen MR) is 103 cm³/mol. The molecule has 1 N–H and O–H groups in total. The van der Waals surface area contributed by atoms with Crippen molar-refractivity contribution in [1.29, 1.82) is 0 Å². The van der Waals surface area contributed by atoms with Crippen molar-refractivity contribution in [2.24, 2.45) is 0 Å². The Morgan fingerprint density at radius 1 is 1.07 bits per heavy atom. The van der Waals surface area contributed by atoms with Crippen LogP contribution < -0.4 is 5.32 Å². The van der Waals surface area contributed by atoms with Crippen molar-refractivity contribution in [3.63, 3.8) is 0 Å². The molecule has 0 radical (unpaired) electrons. The van der Waals surface area contributed by atoms with Crippen LogP contribution in [0.25, 0.3) is 0 Å². The van der Waals surface area contributed by atoms with Crippen molar-refractivity contribution in [3.05, 3.63) is 70.8 Å². The number of alkyl halides is 3. The molecule has 0 saturated carbocycles. The lowest BCUT2D eigenvalue weighted by atomic mass is 10.0. The van der Waals surface area contributed by atoms with Gasteiger partial charge in [0.2, 0.25) is 0 Å². The fourth-order valence-corrected chi connectivity index (χ4v) is 3.48. The average Bonchev–Trinajstić information content (AvgIpc) is 2.69. The number of hydrogen-bond donors (Lipinski definition) is 1. The number of carbonyl (C=O) groups is 1. The third kappa shape index (κ3) is 5.35. The van der Waals surface area contributed by atoms with Gasteiger partial charge in [0, 0.05) is 12.1 Å². The van der Waals surface area contributed by atoms with Gasteiger partial charge >= 0.3 is 6.18 Å². The van der Waals surface area contributed by atoms with E-state index in [0.717, 1.165) is 37.3 Å². The van der Waals surface area contributed by atoms with E-state index in [1.165, 1.54) is 25.3 Å². The molecule has 0 aromatic heterocycles. The Morgan fingerprint density at radius 3 is 2.39 bits per heavy atom. The van der Waals surface area contributed by atoms with Gasteiger partial charge in [-0.3, -0.25) is 9.69 Å². The molecule has 150 valence electrons. The van der Waals surface area contributed by atoms with Crippen molar-refractivity contribution in [3.8, 4) is 0 Å². The Kier molecular flexibility index (Phi) is 6.39. The minimum Gasteiger partial charge on any atom is -0.346 e. The zero-order valence-corrected chi connectivity index (χ0v) is 15.9. The Labute approximate surface area is 163 Å². The molecule has 0 spiro atoms. The first kappa shape index (κ1) is 20.4. The van der Waals surface area contributed by atoms with Crippen LogP contribution >= 0.6 is 0 Å². The van der Waals surface area contributed by atoms with Gasteiger partial charge in [-0.25, -0.2) is 0 Å². The fourth-order valence-electron chi connectivity index (χ4n) is 3.48. The highest BCUT2D eigenvalue weighted by Gasteiger charge is 2.30. The lowest BCUT2D eigenvalue weighted by Crippen LogP contribution is -2.29. The summed E-state index contributed by atoms with van der Waals surface area (Å²) in [5, 5.41) is 2.78. The van der Waals surface area contributed by atoms with Crippen molar-refractivity contribution >= 4 is 5.91 Å². The van der Waals surface area contributed by atoms with E-state index in [1.54, 1.807) is 25.1 Å². The van der Waals surface area contributed by atoms with Crippen molar-refractivity contribution in [2.75, 3.05) is 13.1 Å². The summed E-state index contributed by atoms with van der Waals surface area (Å²) < 4.78 is 38.6. The number of carbonyl (C=O) groups excluding carboxylic acids is 1. The minimum absolute atomic E-state index is 0.297. The lowest BCUT2D eigenvalue weighted by molar-refractivity contribution is -0.137. The predicted octanol–water partition coefficient (Wildman–Crippen LogP) is 5.18. The SMILES string of the molecule is CC(NC(=O)c1ccc(CN2CCCCC2)cc1)c1cccc(C(F)(F)F)c1. The Bertz CT molecular complexity index is 796. The molecule has 1 amide bonds. The zero-order valence-electron chi connectivity index (χ0n) is 15.9. The molecule has 0 aliphatic carbocycles. The van der Waals surface area contributed by atoms with Crippen molar-refractivity contribution in [1.82, 2.24) is 10.2 Å². The number of hydrogen-bond acceptors (Lipinski definition) is 2. The van der Waals surface area contributed by atoms with Crippen LogP contribution in [0.2, 0.25) is 0 Å². The van der Waals surface area contributed by atoms with E-state index >= 15 is 0 Å². The van der Waals surface area contributed by atoms with E-state index in [2.05, 4.69) is 10.2 Å². The summed E-state index contributed by atoms with van der Waals surface area (Å²) in [5.41, 5.74) is 1.36. The Morgan fingerprint density at radius 2 is 1.75 bits per heavy atom. The van der Waals surface area contributed by atoms with Crippen LogP contribution in [0.1, 0.15) is 59.3 Å². The van der Waals surface area contributed by atoms with Crippen LogP contribution in [-0.2, 0) is 12.7 Å². The van der Waals surface area contributed by atoms with Crippen LogP contribution in [0, 0.1) is 0 Å². The number of nitrogens with one attached hydrogen (secondary N) is 1. The highest BCUT2D eigenvalue weighted by molar-refractivity contribution is 5.94. The molecule has 6 heteroatoms. The molecule has 1 heterocycles. The third-order valence-electron chi connectivity index (χ3n) is 5.13. The van der Waals surface area contributed by atoms with E-state index in [9.17, 15) is 18.0 Å². The van der Waals surface area contributed by atoms with E-state index in [-0.39, 0.29) is 5.91 Å². The summed E-state index contributed by atoms with van der Waals surface area (Å²) in [4.78, 5) is 14.9. The van der Waals surface area contributed by atoms with E-state index in [0.29, 0.717) is 11.1 Å². The summed E-state index contributed by atoms with van der Waals surface area (Å²) in [7, 11) is 0. The lowest BCUT2D eigenvalue weighted by Gasteiger charge is -2.26. The van der Waals surface area contributed by atoms with Crippen LogP contribution in [0.4, 0.5) is 13.2 Å². The van der Waals surface area contributed by atoms with Gasteiger partial charge in [0.15, 0.2) is 0 Å². The van der Waals surface area contributed by atoms with Crippen molar-refractivity contribution < 1.29 is 18.0 Å². The largest absolute Gasteiger partial charge is 0.416 e. The number of amides is 1. The summed E-state index contributed by atoms with van der Waals surface area (Å²) in [5.74, 6) is -0.297. The highest BCUT2D eigenvalue weighted by atomic mass is 19.4. The van der Waals surface area contributed by atoms with Gasteiger partial charge in [0.05, 0.1) is 11.6 Å². The Hall–Kier alpha value is -2.34. The molecule has 0 bridgehead atoms. The number of nitrogens with zero attached hydrogens (tertiary/aromatic N) is 1. The van der Waals surface area contributed by atoms with Gasteiger partial charge in [-0.05, 0) is 68.2 Å². The summed E-state index contributed by atoms with van der Waals surface area (Å²) >= 11 is 0. The molecule has 2 aromatic carbocycles. The maximum absolute atomic E-state index is 12.9. The van der Waals surface area contributed by atoms with Crippen LogP contribution in [0.5, 0.6) is 0 Å². The maximum Gasteiger partial charge on any atom is 0.416 e. The van der Waals surface area contributed by atoms with Crippen molar-refractivity contribution in [2.45, 2.75) is 44.9 Å². The van der Waals surface area contributed by atoms with E-state index in [4.69, 9.17) is 0 Å². The molecule has 1 aliphatic rings. The summed E-state index contributed by atoms with van der Waals surface area (Å²) in [6.45, 7) is 4.77. The average molecular weight is 390 g/mol. The molecule has 1 saturated heterocycles. The number of likely N-dealkylation sites (tertiary alicyclic amines) is 1. The van der Waals surface area contributed by atoms with E-state index < -0.39 is 17.8 Å². The minimum atomic E-state index is -4.40. The second kappa shape index (κ2) is 8.78. The summed E-state index contributed by atoms with van der Waals surface area (Å²) in [6.07, 6.45) is -0.647. The fraction of sp³-hybridized carbons (Fsp3) is 0.409. The van der Waals surface area contributed by atoms with E-state index in [1.807, 2.05) is 12.1 Å². The molecular weight excluding hydrogens is 365 g/mol. The number of benzene rings is 2. The van der Waals surface area contributed by atoms with Gasteiger partial charge < -0.3 is 5.32 Å². The zero-order chi connectivity index (χ0) is 20.1. The smallest absolute Gasteiger partial charge is 0.346 e. The number of halogens is 3. The van der Waals surface area contributed by atoms with Gasteiger partial charge in [0.25, 0.3) is 5.91 Å². The molecule has 3 nitrogen and oxygen atoms in total. The molecular formula is C22H25F3N2O. The monoisotopic (exact) mass is 390 g/mol.